The molecule has 4 rings (SSSR count). The van der Waals surface area contributed by atoms with E-state index in [0.717, 1.165) is 25.1 Å². The van der Waals surface area contributed by atoms with Gasteiger partial charge in [-0.05, 0) is 28.7 Å². The van der Waals surface area contributed by atoms with Crippen LogP contribution in [0.3, 0.4) is 0 Å². The van der Waals surface area contributed by atoms with Gasteiger partial charge in [0.25, 0.3) is 0 Å². The van der Waals surface area contributed by atoms with Crippen LogP contribution in [-0.2, 0) is 17.6 Å². The van der Waals surface area contributed by atoms with Crippen LogP contribution < -0.4 is 5.32 Å². The van der Waals surface area contributed by atoms with Crippen molar-refractivity contribution in [3.05, 3.63) is 107 Å². The van der Waals surface area contributed by atoms with Crippen LogP contribution in [0.2, 0.25) is 0 Å². The van der Waals surface area contributed by atoms with Crippen molar-refractivity contribution in [2.45, 2.75) is 18.8 Å². The maximum Gasteiger partial charge on any atom is 0.142 e. The molecule has 0 spiro atoms. The Labute approximate surface area is 161 Å². The van der Waals surface area contributed by atoms with Crippen LogP contribution in [-0.4, -0.2) is 18.9 Å². The van der Waals surface area contributed by atoms with E-state index >= 15 is 0 Å². The van der Waals surface area contributed by atoms with Gasteiger partial charge in [-0.1, -0.05) is 84.9 Å². The minimum Gasteiger partial charge on any atom is -0.315 e. The Morgan fingerprint density at radius 2 is 1.44 bits per heavy atom. The van der Waals surface area contributed by atoms with Crippen LogP contribution in [0.4, 0.5) is 0 Å². The van der Waals surface area contributed by atoms with E-state index in [1.54, 1.807) is 0 Å². The number of Topliss-reactive ketones (excluding diaryl/α,β-unsaturated/α-hetero) is 1. The van der Waals surface area contributed by atoms with Gasteiger partial charge in [-0.15, -0.1) is 0 Å². The first kappa shape index (κ1) is 17.7. The molecule has 1 aliphatic rings. The molecule has 27 heavy (non-hydrogen) atoms. The van der Waals surface area contributed by atoms with Crippen LogP contribution in [0.5, 0.6) is 0 Å². The van der Waals surface area contributed by atoms with Crippen LogP contribution >= 0.6 is 0 Å². The normalized spacial score (nSPS) is 19.1. The van der Waals surface area contributed by atoms with Gasteiger partial charge >= 0.3 is 0 Å². The van der Waals surface area contributed by atoms with Crippen molar-refractivity contribution in [1.29, 1.82) is 0 Å². The van der Waals surface area contributed by atoms with Crippen molar-refractivity contribution in [2.75, 3.05) is 13.1 Å². The summed E-state index contributed by atoms with van der Waals surface area (Å²) in [5, 5.41) is 3.41. The van der Waals surface area contributed by atoms with Crippen LogP contribution in [0.15, 0.2) is 84.9 Å². The molecule has 1 saturated heterocycles. The maximum atomic E-state index is 13.0. The van der Waals surface area contributed by atoms with E-state index in [1.807, 2.05) is 12.1 Å². The van der Waals surface area contributed by atoms with Gasteiger partial charge in [0.2, 0.25) is 0 Å². The number of ketones is 1. The number of carbonyl (C=O) groups excluding carboxylic acids is 1. The Bertz CT molecular complexity index is 888. The first-order valence-electron chi connectivity index (χ1n) is 9.70. The molecule has 0 radical (unpaired) electrons. The van der Waals surface area contributed by atoms with Crippen LogP contribution in [0, 0.1) is 5.92 Å². The molecule has 2 nitrogen and oxygen atoms in total. The second-order valence-electron chi connectivity index (χ2n) is 7.41. The monoisotopic (exact) mass is 355 g/mol. The molecule has 0 aliphatic carbocycles. The maximum absolute atomic E-state index is 13.0. The summed E-state index contributed by atoms with van der Waals surface area (Å²) in [6.07, 6.45) is 1.42. The highest BCUT2D eigenvalue weighted by molar-refractivity contribution is 5.85. The summed E-state index contributed by atoms with van der Waals surface area (Å²) >= 11 is 0. The lowest BCUT2D eigenvalue weighted by Gasteiger charge is -2.18. The molecule has 0 unspecified atom stereocenters. The summed E-state index contributed by atoms with van der Waals surface area (Å²) in [6, 6.07) is 29.4. The van der Waals surface area contributed by atoms with Crippen molar-refractivity contribution in [3.63, 3.8) is 0 Å². The molecule has 1 N–H and O–H groups in total. The highest BCUT2D eigenvalue weighted by atomic mass is 16.1. The molecule has 2 atom stereocenters. The number of hydrogen-bond acceptors (Lipinski definition) is 2. The zero-order valence-corrected chi connectivity index (χ0v) is 15.5. The van der Waals surface area contributed by atoms with Gasteiger partial charge in [0.15, 0.2) is 0 Å². The topological polar surface area (TPSA) is 29.1 Å². The standard InChI is InChI=1S/C25H25NO/c27-25(24-18-26-17-23(24)22-12-5-2-6-13-22)16-21-11-7-10-20(15-21)14-19-8-3-1-4-9-19/h1-13,15,23-24,26H,14,16-18H2/t23-,24+/m0/s1. The average Bonchev–Trinajstić information content (AvgIpc) is 3.20. The van der Waals surface area contributed by atoms with Gasteiger partial charge in [-0.3, -0.25) is 4.79 Å². The van der Waals surface area contributed by atoms with Crippen LogP contribution in [0.1, 0.15) is 28.2 Å². The highest BCUT2D eigenvalue weighted by Crippen LogP contribution is 2.29. The van der Waals surface area contributed by atoms with Crippen molar-refractivity contribution in [2.24, 2.45) is 5.92 Å². The lowest BCUT2D eigenvalue weighted by atomic mass is 9.84. The SMILES string of the molecule is O=C(Cc1cccc(Cc2ccccc2)c1)[C@@H]1CNC[C@H]1c1ccccc1. The number of hydrogen-bond donors (Lipinski definition) is 1. The molecule has 1 heterocycles. The first-order valence-corrected chi connectivity index (χ1v) is 9.70. The summed E-state index contributed by atoms with van der Waals surface area (Å²) < 4.78 is 0. The highest BCUT2D eigenvalue weighted by Gasteiger charge is 2.33. The van der Waals surface area contributed by atoms with Gasteiger partial charge in [0, 0.05) is 31.3 Å². The number of rotatable bonds is 6. The van der Waals surface area contributed by atoms with Gasteiger partial charge in [-0.2, -0.15) is 0 Å². The Morgan fingerprint density at radius 1 is 0.778 bits per heavy atom. The molecular formula is C25H25NO. The van der Waals surface area contributed by atoms with Crippen LogP contribution in [0.25, 0.3) is 0 Å². The molecule has 136 valence electrons. The molecular weight excluding hydrogens is 330 g/mol. The third kappa shape index (κ3) is 4.35. The Kier molecular flexibility index (Phi) is 5.45. The summed E-state index contributed by atoms with van der Waals surface area (Å²) in [5.41, 5.74) is 4.94. The number of carbonyl (C=O) groups is 1. The van der Waals surface area contributed by atoms with Crippen molar-refractivity contribution in [1.82, 2.24) is 5.32 Å². The van der Waals surface area contributed by atoms with E-state index < -0.39 is 0 Å². The van der Waals surface area contributed by atoms with Gasteiger partial charge in [-0.25, -0.2) is 0 Å². The minimum absolute atomic E-state index is 0.0604. The predicted octanol–water partition coefficient (Wildman–Crippen LogP) is 4.39. The number of nitrogens with one attached hydrogen (secondary N) is 1. The second-order valence-corrected chi connectivity index (χ2v) is 7.41. The fraction of sp³-hybridized carbons (Fsp3) is 0.240. The molecule has 0 aromatic heterocycles. The molecule has 0 amide bonds. The van der Waals surface area contributed by atoms with Crippen molar-refractivity contribution >= 4 is 5.78 Å². The largest absolute Gasteiger partial charge is 0.315 e. The summed E-state index contributed by atoms with van der Waals surface area (Å²) in [4.78, 5) is 13.0. The summed E-state index contributed by atoms with van der Waals surface area (Å²) in [5.74, 6) is 0.682. The van der Waals surface area contributed by atoms with Gasteiger partial charge in [0.05, 0.1) is 0 Å². The molecule has 0 saturated carbocycles. The van der Waals surface area contributed by atoms with E-state index in [2.05, 4.69) is 78.1 Å². The number of benzene rings is 3. The van der Waals surface area contributed by atoms with E-state index in [0.29, 0.717) is 12.2 Å². The molecule has 1 aliphatic heterocycles. The molecule has 1 fully saturated rings. The fourth-order valence-electron chi connectivity index (χ4n) is 4.08. The Balaban J connectivity index is 1.45. The third-order valence-corrected chi connectivity index (χ3v) is 5.48. The Morgan fingerprint density at radius 3 is 2.22 bits per heavy atom. The van der Waals surface area contributed by atoms with E-state index in [1.165, 1.54) is 16.7 Å². The first-order chi connectivity index (χ1) is 13.3. The molecule has 3 aromatic carbocycles. The zero-order chi connectivity index (χ0) is 18.5. The Hall–Kier alpha value is -2.71. The van der Waals surface area contributed by atoms with E-state index in [4.69, 9.17) is 0 Å². The predicted molar refractivity (Wildman–Crippen MR) is 110 cm³/mol. The molecule has 0 bridgehead atoms. The van der Waals surface area contributed by atoms with Gasteiger partial charge < -0.3 is 5.32 Å². The smallest absolute Gasteiger partial charge is 0.142 e. The third-order valence-electron chi connectivity index (χ3n) is 5.48. The quantitative estimate of drug-likeness (QED) is 0.710. The summed E-state index contributed by atoms with van der Waals surface area (Å²) in [6.45, 7) is 1.66. The zero-order valence-electron chi connectivity index (χ0n) is 15.5. The lowest BCUT2D eigenvalue weighted by Crippen LogP contribution is -2.23. The van der Waals surface area contributed by atoms with Gasteiger partial charge in [0.1, 0.15) is 5.78 Å². The lowest BCUT2D eigenvalue weighted by molar-refractivity contribution is -0.122. The second kappa shape index (κ2) is 8.32. The van der Waals surface area contributed by atoms with E-state index in [-0.39, 0.29) is 11.8 Å². The fourth-order valence-corrected chi connectivity index (χ4v) is 4.08. The molecule has 3 aromatic rings. The average molecular weight is 355 g/mol. The van der Waals surface area contributed by atoms with Crippen molar-refractivity contribution < 1.29 is 4.79 Å². The summed E-state index contributed by atoms with van der Waals surface area (Å²) in [7, 11) is 0. The van der Waals surface area contributed by atoms with Crippen molar-refractivity contribution in [3.8, 4) is 0 Å². The van der Waals surface area contributed by atoms with E-state index in [9.17, 15) is 4.79 Å². The minimum atomic E-state index is 0.0604. The molecule has 2 heteroatoms.